The fourth-order valence-electron chi connectivity index (χ4n) is 3.20. The third kappa shape index (κ3) is 4.54. The van der Waals surface area contributed by atoms with Crippen molar-refractivity contribution >= 4 is 51.1 Å². The first kappa shape index (κ1) is 19.5. The predicted octanol–water partition coefficient (Wildman–Crippen LogP) is 4.82. The lowest BCUT2D eigenvalue weighted by Crippen LogP contribution is -2.20. The van der Waals surface area contributed by atoms with Crippen molar-refractivity contribution in [2.75, 3.05) is 17.7 Å². The average molecular weight is 403 g/mol. The molecule has 0 radical (unpaired) electrons. The number of carbonyl (C=O) groups is 2. The van der Waals surface area contributed by atoms with Gasteiger partial charge in [0.05, 0.1) is 12.7 Å². The van der Waals surface area contributed by atoms with Crippen molar-refractivity contribution in [2.24, 2.45) is 0 Å². The average Bonchev–Trinajstić information content (AvgIpc) is 2.82. The van der Waals surface area contributed by atoms with Gasteiger partial charge in [-0.05, 0) is 74.7 Å². The van der Waals surface area contributed by atoms with E-state index < -0.39 is 0 Å². The van der Waals surface area contributed by atoms with Crippen LogP contribution in [0.5, 0.6) is 0 Å². The first-order valence-electron chi connectivity index (χ1n) is 8.91. The molecule has 0 unspecified atom stereocenters. The summed E-state index contributed by atoms with van der Waals surface area (Å²) in [4.78, 5) is 25.0. The molecule has 0 saturated carbocycles. The number of hydrogen-bond donors (Lipinski definition) is 2. The van der Waals surface area contributed by atoms with E-state index >= 15 is 0 Å². The van der Waals surface area contributed by atoms with Gasteiger partial charge in [-0.1, -0.05) is 6.42 Å². The van der Waals surface area contributed by atoms with Crippen LogP contribution in [-0.2, 0) is 17.6 Å². The van der Waals surface area contributed by atoms with Crippen molar-refractivity contribution < 1.29 is 14.3 Å². The summed E-state index contributed by atoms with van der Waals surface area (Å²) in [6, 6.07) is 7.10. The molecule has 2 N–H and O–H groups in total. The van der Waals surface area contributed by atoms with Gasteiger partial charge in [-0.25, -0.2) is 4.79 Å². The summed E-state index contributed by atoms with van der Waals surface area (Å²) in [7, 11) is 1.40. The van der Waals surface area contributed by atoms with Gasteiger partial charge >= 0.3 is 5.97 Å². The number of ketones is 1. The highest BCUT2D eigenvalue weighted by Crippen LogP contribution is 2.38. The van der Waals surface area contributed by atoms with Crippen LogP contribution in [0, 0.1) is 0 Å². The Morgan fingerprint density at radius 1 is 1.07 bits per heavy atom. The second-order valence-corrected chi connectivity index (χ2v) is 7.99. The van der Waals surface area contributed by atoms with E-state index in [4.69, 9.17) is 17.0 Å². The van der Waals surface area contributed by atoms with Crippen LogP contribution in [0.25, 0.3) is 0 Å². The van der Waals surface area contributed by atoms with E-state index in [-0.39, 0.29) is 11.8 Å². The zero-order valence-corrected chi connectivity index (χ0v) is 17.0. The van der Waals surface area contributed by atoms with E-state index in [1.807, 2.05) is 0 Å². The lowest BCUT2D eigenvalue weighted by molar-refractivity contribution is 0.0601. The van der Waals surface area contributed by atoms with Crippen molar-refractivity contribution in [2.45, 2.75) is 39.0 Å². The van der Waals surface area contributed by atoms with Gasteiger partial charge in [0.15, 0.2) is 10.9 Å². The van der Waals surface area contributed by atoms with Gasteiger partial charge in [-0.15, -0.1) is 11.3 Å². The maximum atomic E-state index is 12.4. The number of esters is 1. The number of rotatable bonds is 4. The first-order chi connectivity index (χ1) is 13.0. The Morgan fingerprint density at radius 3 is 2.44 bits per heavy atom. The number of fused-ring (bicyclic) bond motifs is 1. The number of Topliss-reactive ketones (excluding diaryl/α,β-unsaturated/α-hetero) is 1. The smallest absolute Gasteiger partial charge is 0.341 e. The number of anilines is 2. The largest absolute Gasteiger partial charge is 0.465 e. The van der Waals surface area contributed by atoms with Gasteiger partial charge < -0.3 is 15.4 Å². The Hall–Kier alpha value is -2.25. The quantitative estimate of drug-likeness (QED) is 0.331. The van der Waals surface area contributed by atoms with Crippen LogP contribution in [0.2, 0.25) is 0 Å². The normalized spacial score (nSPS) is 13.3. The number of aryl methyl sites for hydroxylation is 1. The van der Waals surface area contributed by atoms with Crippen molar-refractivity contribution in [1.29, 1.82) is 0 Å². The van der Waals surface area contributed by atoms with Crippen LogP contribution in [0.1, 0.15) is 57.3 Å². The summed E-state index contributed by atoms with van der Waals surface area (Å²) >= 11 is 7.00. The predicted molar refractivity (Wildman–Crippen MR) is 113 cm³/mol. The number of thiophene rings is 1. The lowest BCUT2D eigenvalue weighted by atomic mass is 10.1. The number of ether oxygens (including phenoxy) is 1. The van der Waals surface area contributed by atoms with Crippen molar-refractivity contribution in [3.05, 3.63) is 45.8 Å². The van der Waals surface area contributed by atoms with Crippen LogP contribution in [0.4, 0.5) is 10.7 Å². The molecular formula is C20H22N2O3S2. The van der Waals surface area contributed by atoms with E-state index in [9.17, 15) is 9.59 Å². The third-order valence-electron chi connectivity index (χ3n) is 4.59. The summed E-state index contributed by atoms with van der Waals surface area (Å²) in [6.45, 7) is 1.53. The molecule has 0 saturated heterocycles. The standard InChI is InChI=1S/C20H22N2O3S2/c1-12(23)13-8-10-14(11-9-13)21-20(26)22-18-17(19(24)25-2)15-6-4-3-5-7-16(15)27-18/h8-11H,3-7H2,1-2H3,(H2,21,22,26). The molecule has 0 spiro atoms. The molecule has 142 valence electrons. The monoisotopic (exact) mass is 402 g/mol. The van der Waals surface area contributed by atoms with E-state index in [2.05, 4.69) is 10.6 Å². The Balaban J connectivity index is 1.79. The van der Waals surface area contributed by atoms with Crippen molar-refractivity contribution in [3.63, 3.8) is 0 Å². The van der Waals surface area contributed by atoms with Gasteiger partial charge in [0, 0.05) is 16.1 Å². The van der Waals surface area contributed by atoms with Gasteiger partial charge in [0.1, 0.15) is 5.00 Å². The second kappa shape index (κ2) is 8.63. The minimum atomic E-state index is -0.328. The molecule has 2 aromatic rings. The third-order valence-corrected chi connectivity index (χ3v) is 6.00. The molecule has 7 heteroatoms. The van der Waals surface area contributed by atoms with Gasteiger partial charge in [0.25, 0.3) is 0 Å². The molecule has 1 aromatic carbocycles. The maximum Gasteiger partial charge on any atom is 0.341 e. The van der Waals surface area contributed by atoms with Crippen molar-refractivity contribution in [1.82, 2.24) is 0 Å². The highest BCUT2D eigenvalue weighted by Gasteiger charge is 2.25. The minimum Gasteiger partial charge on any atom is -0.465 e. The van der Waals surface area contributed by atoms with Crippen molar-refractivity contribution in [3.8, 4) is 0 Å². The maximum absolute atomic E-state index is 12.4. The van der Waals surface area contributed by atoms with Crippen LogP contribution in [-0.4, -0.2) is 24.0 Å². The van der Waals surface area contributed by atoms with Gasteiger partial charge in [-0.3, -0.25) is 4.79 Å². The number of thiocarbonyl (C=S) groups is 1. The summed E-state index contributed by atoms with van der Waals surface area (Å²) in [5.41, 5.74) is 3.13. The summed E-state index contributed by atoms with van der Waals surface area (Å²) in [6.07, 6.45) is 5.28. The first-order valence-corrected chi connectivity index (χ1v) is 10.1. The molecule has 27 heavy (non-hydrogen) atoms. The number of nitrogens with one attached hydrogen (secondary N) is 2. The van der Waals surface area contributed by atoms with Crippen LogP contribution in [0.3, 0.4) is 0 Å². The number of hydrogen-bond acceptors (Lipinski definition) is 5. The molecule has 0 atom stereocenters. The zero-order chi connectivity index (χ0) is 19.4. The number of methoxy groups -OCH3 is 1. The van der Waals surface area contributed by atoms with E-state index in [1.54, 1.807) is 35.6 Å². The summed E-state index contributed by atoms with van der Waals surface area (Å²) < 4.78 is 5.01. The zero-order valence-electron chi connectivity index (χ0n) is 15.4. The highest BCUT2D eigenvalue weighted by atomic mass is 32.1. The SMILES string of the molecule is COC(=O)c1c(NC(=S)Nc2ccc(C(C)=O)cc2)sc2c1CCCCC2. The molecule has 0 bridgehead atoms. The Morgan fingerprint density at radius 2 is 1.78 bits per heavy atom. The topological polar surface area (TPSA) is 67.4 Å². The molecule has 0 fully saturated rings. The van der Waals surface area contributed by atoms with Gasteiger partial charge in [-0.2, -0.15) is 0 Å². The lowest BCUT2D eigenvalue weighted by Gasteiger charge is -2.11. The fraction of sp³-hybridized carbons (Fsp3) is 0.350. The molecule has 0 amide bonds. The minimum absolute atomic E-state index is 0.0186. The second-order valence-electron chi connectivity index (χ2n) is 6.47. The molecule has 1 aliphatic rings. The van der Waals surface area contributed by atoms with Crippen LogP contribution >= 0.6 is 23.6 Å². The van der Waals surface area contributed by atoms with Gasteiger partial charge in [0.2, 0.25) is 0 Å². The van der Waals surface area contributed by atoms with E-state index in [0.29, 0.717) is 16.2 Å². The highest BCUT2D eigenvalue weighted by molar-refractivity contribution is 7.80. The van der Waals surface area contributed by atoms with E-state index in [1.165, 1.54) is 25.3 Å². The van der Waals surface area contributed by atoms with E-state index in [0.717, 1.165) is 41.9 Å². The Bertz CT molecular complexity index is 872. The number of carbonyl (C=O) groups excluding carboxylic acids is 2. The summed E-state index contributed by atoms with van der Waals surface area (Å²) in [5, 5.41) is 7.38. The molecule has 1 heterocycles. The number of benzene rings is 1. The Kier molecular flexibility index (Phi) is 6.23. The summed E-state index contributed by atoms with van der Waals surface area (Å²) in [5.74, 6) is -0.310. The molecular weight excluding hydrogens is 380 g/mol. The molecule has 5 nitrogen and oxygen atoms in total. The molecule has 1 aliphatic carbocycles. The Labute approximate surface area is 168 Å². The van der Waals surface area contributed by atoms with Crippen LogP contribution < -0.4 is 10.6 Å². The van der Waals surface area contributed by atoms with Crippen LogP contribution in [0.15, 0.2) is 24.3 Å². The molecule has 3 rings (SSSR count). The fourth-order valence-corrected chi connectivity index (χ4v) is 4.77. The molecule has 1 aromatic heterocycles. The molecule has 0 aliphatic heterocycles.